The van der Waals surface area contributed by atoms with Crippen molar-refractivity contribution in [1.82, 2.24) is 10.1 Å². The Morgan fingerprint density at radius 1 is 1.30 bits per heavy atom. The van der Waals surface area contributed by atoms with Gasteiger partial charge in [-0.05, 0) is 44.4 Å². The number of rotatable bonds is 5. The summed E-state index contributed by atoms with van der Waals surface area (Å²) in [7, 11) is 1.74. The Hall–Kier alpha value is -0.940. The van der Waals surface area contributed by atoms with E-state index in [0.29, 0.717) is 24.1 Å². The molecule has 0 spiro atoms. The molecule has 1 atom stereocenters. The van der Waals surface area contributed by atoms with Gasteiger partial charge in [0, 0.05) is 19.6 Å². The molecule has 20 heavy (non-hydrogen) atoms. The number of nitrogens with two attached hydrogens (primary N) is 1. The summed E-state index contributed by atoms with van der Waals surface area (Å²) in [6.45, 7) is 0. The van der Waals surface area contributed by atoms with Crippen LogP contribution in [0.15, 0.2) is 4.52 Å². The molecule has 112 valence electrons. The zero-order valence-corrected chi connectivity index (χ0v) is 12.3. The van der Waals surface area contributed by atoms with Crippen molar-refractivity contribution in [3.63, 3.8) is 0 Å². The number of aromatic nitrogens is 2. The quantitative estimate of drug-likeness (QED) is 0.896. The maximum Gasteiger partial charge on any atom is 0.228 e. The van der Waals surface area contributed by atoms with Crippen LogP contribution < -0.4 is 5.73 Å². The zero-order valence-electron chi connectivity index (χ0n) is 12.3. The smallest absolute Gasteiger partial charge is 0.228 e. The third-order valence-electron chi connectivity index (χ3n) is 5.09. The van der Waals surface area contributed by atoms with Gasteiger partial charge in [0.2, 0.25) is 11.7 Å². The molecule has 0 aromatic carbocycles. The number of ether oxygens (including phenoxy) is 1. The monoisotopic (exact) mass is 279 g/mol. The predicted molar refractivity (Wildman–Crippen MR) is 75.1 cm³/mol. The molecule has 0 saturated heterocycles. The van der Waals surface area contributed by atoms with E-state index in [-0.39, 0.29) is 11.6 Å². The van der Waals surface area contributed by atoms with Crippen LogP contribution in [0.3, 0.4) is 0 Å². The summed E-state index contributed by atoms with van der Waals surface area (Å²) in [6, 6.07) is 0.146. The van der Waals surface area contributed by atoms with E-state index in [1.165, 1.54) is 38.5 Å². The average molecular weight is 279 g/mol. The molecule has 1 aromatic heterocycles. The van der Waals surface area contributed by atoms with Crippen LogP contribution in [0, 0.1) is 5.92 Å². The summed E-state index contributed by atoms with van der Waals surface area (Å²) in [5, 5.41) is 4.15. The summed E-state index contributed by atoms with van der Waals surface area (Å²) in [5.74, 6) is 2.00. The van der Waals surface area contributed by atoms with Crippen molar-refractivity contribution in [3.8, 4) is 0 Å². The summed E-state index contributed by atoms with van der Waals surface area (Å²) in [4.78, 5) is 4.56. The molecule has 2 aliphatic carbocycles. The first kappa shape index (κ1) is 14.0. The molecule has 0 amide bonds. The van der Waals surface area contributed by atoms with Gasteiger partial charge in [0.25, 0.3) is 0 Å². The second kappa shape index (κ2) is 5.82. The Morgan fingerprint density at radius 2 is 2.00 bits per heavy atom. The van der Waals surface area contributed by atoms with Crippen LogP contribution in [0.2, 0.25) is 0 Å². The third-order valence-corrected chi connectivity index (χ3v) is 5.09. The Morgan fingerprint density at radius 3 is 2.65 bits per heavy atom. The third kappa shape index (κ3) is 2.61. The van der Waals surface area contributed by atoms with Crippen molar-refractivity contribution >= 4 is 0 Å². The number of hydrogen-bond acceptors (Lipinski definition) is 5. The first-order valence-corrected chi connectivity index (χ1v) is 7.87. The largest absolute Gasteiger partial charge is 0.370 e. The van der Waals surface area contributed by atoms with Crippen LogP contribution in [-0.4, -0.2) is 23.3 Å². The minimum absolute atomic E-state index is 0.146. The molecule has 2 fully saturated rings. The van der Waals surface area contributed by atoms with Gasteiger partial charge in [0.15, 0.2) is 0 Å². The van der Waals surface area contributed by atoms with Gasteiger partial charge in [-0.15, -0.1) is 0 Å². The standard InChI is InChI=1S/C15H25N3O2/c1-19-15(8-4-5-9-15)14-17-13(20-18-14)10-12(16)11-6-2-3-7-11/h11-12H,2-10,16H2,1H3. The molecule has 2 N–H and O–H groups in total. The van der Waals surface area contributed by atoms with E-state index in [9.17, 15) is 0 Å². The van der Waals surface area contributed by atoms with E-state index < -0.39 is 0 Å². The molecule has 0 aliphatic heterocycles. The van der Waals surface area contributed by atoms with Crippen molar-refractivity contribution < 1.29 is 9.26 Å². The molecule has 0 bridgehead atoms. The first-order valence-electron chi connectivity index (χ1n) is 7.87. The molecule has 0 radical (unpaired) electrons. The highest BCUT2D eigenvalue weighted by atomic mass is 16.5. The maximum absolute atomic E-state index is 6.28. The van der Waals surface area contributed by atoms with Crippen molar-refractivity contribution in [2.24, 2.45) is 11.7 Å². The number of nitrogens with zero attached hydrogens (tertiary/aromatic N) is 2. The topological polar surface area (TPSA) is 74.2 Å². The molecule has 1 aromatic rings. The predicted octanol–water partition coefficient (Wildman–Crippen LogP) is 2.55. The molecule has 1 heterocycles. The lowest BCUT2D eigenvalue weighted by molar-refractivity contribution is -0.0178. The van der Waals surface area contributed by atoms with Crippen LogP contribution in [0.5, 0.6) is 0 Å². The molecule has 2 saturated carbocycles. The van der Waals surface area contributed by atoms with E-state index in [1.54, 1.807) is 7.11 Å². The van der Waals surface area contributed by atoms with Gasteiger partial charge in [-0.25, -0.2) is 0 Å². The van der Waals surface area contributed by atoms with Crippen LogP contribution in [0.25, 0.3) is 0 Å². The summed E-state index contributed by atoms with van der Waals surface area (Å²) < 4.78 is 11.1. The fourth-order valence-electron chi connectivity index (χ4n) is 3.74. The van der Waals surface area contributed by atoms with Crippen LogP contribution in [0.4, 0.5) is 0 Å². The Bertz CT molecular complexity index is 434. The van der Waals surface area contributed by atoms with Gasteiger partial charge in [0.05, 0.1) is 0 Å². The van der Waals surface area contributed by atoms with Gasteiger partial charge in [0.1, 0.15) is 5.60 Å². The lowest BCUT2D eigenvalue weighted by Crippen LogP contribution is -2.31. The van der Waals surface area contributed by atoms with Crippen LogP contribution in [-0.2, 0) is 16.8 Å². The molecule has 5 nitrogen and oxygen atoms in total. The van der Waals surface area contributed by atoms with Crippen molar-refractivity contribution in [2.45, 2.75) is 69.4 Å². The highest BCUT2D eigenvalue weighted by Crippen LogP contribution is 2.40. The van der Waals surface area contributed by atoms with Gasteiger partial charge in [-0.3, -0.25) is 0 Å². The molecule has 1 unspecified atom stereocenters. The van der Waals surface area contributed by atoms with Crippen molar-refractivity contribution in [2.75, 3.05) is 7.11 Å². The van der Waals surface area contributed by atoms with Crippen LogP contribution >= 0.6 is 0 Å². The fraction of sp³-hybridized carbons (Fsp3) is 0.867. The minimum atomic E-state index is -0.320. The molecular weight excluding hydrogens is 254 g/mol. The summed E-state index contributed by atoms with van der Waals surface area (Å²) in [6.07, 6.45) is 10.1. The number of hydrogen-bond donors (Lipinski definition) is 1. The highest BCUT2D eigenvalue weighted by Gasteiger charge is 2.40. The Kier molecular flexibility index (Phi) is 4.08. The average Bonchev–Trinajstić information content (AvgIpc) is 3.20. The second-order valence-electron chi connectivity index (χ2n) is 6.33. The minimum Gasteiger partial charge on any atom is -0.370 e. The van der Waals surface area contributed by atoms with Gasteiger partial charge in [-0.2, -0.15) is 4.98 Å². The first-order chi connectivity index (χ1) is 9.73. The molecule has 5 heteroatoms. The highest BCUT2D eigenvalue weighted by molar-refractivity contribution is 5.05. The zero-order chi connectivity index (χ0) is 14.0. The van der Waals surface area contributed by atoms with Gasteiger partial charge >= 0.3 is 0 Å². The van der Waals surface area contributed by atoms with Crippen LogP contribution in [0.1, 0.15) is 63.1 Å². The lowest BCUT2D eigenvalue weighted by atomic mass is 9.96. The van der Waals surface area contributed by atoms with E-state index in [4.69, 9.17) is 15.0 Å². The van der Waals surface area contributed by atoms with E-state index in [1.807, 2.05) is 0 Å². The second-order valence-corrected chi connectivity index (χ2v) is 6.33. The Balaban J connectivity index is 1.67. The van der Waals surface area contributed by atoms with Gasteiger partial charge in [-0.1, -0.05) is 18.0 Å². The SMILES string of the molecule is COC1(c2noc(CC(N)C3CCCC3)n2)CCCC1. The maximum atomic E-state index is 6.28. The summed E-state index contributed by atoms with van der Waals surface area (Å²) >= 11 is 0. The molecule has 2 aliphatic rings. The summed E-state index contributed by atoms with van der Waals surface area (Å²) in [5.41, 5.74) is 5.96. The van der Waals surface area contributed by atoms with Crippen molar-refractivity contribution in [3.05, 3.63) is 11.7 Å². The van der Waals surface area contributed by atoms with E-state index >= 15 is 0 Å². The molecular formula is C15H25N3O2. The van der Waals surface area contributed by atoms with E-state index in [2.05, 4.69) is 10.1 Å². The van der Waals surface area contributed by atoms with Gasteiger partial charge < -0.3 is 15.0 Å². The molecule has 3 rings (SSSR count). The van der Waals surface area contributed by atoms with Crippen molar-refractivity contribution in [1.29, 1.82) is 0 Å². The lowest BCUT2D eigenvalue weighted by Gasteiger charge is -2.22. The normalized spacial score (nSPS) is 24.3. The van der Waals surface area contributed by atoms with E-state index in [0.717, 1.165) is 12.8 Å². The fourth-order valence-corrected chi connectivity index (χ4v) is 3.74. The number of methoxy groups -OCH3 is 1. The Labute approximate surface area is 120 Å².